The number of aryl methyl sites for hydroxylation is 1. The van der Waals surface area contributed by atoms with Crippen LogP contribution in [0.5, 0.6) is 0 Å². The van der Waals surface area contributed by atoms with Crippen molar-refractivity contribution in [1.29, 1.82) is 0 Å². The summed E-state index contributed by atoms with van der Waals surface area (Å²) in [4.78, 5) is 6.87. The maximum absolute atomic E-state index is 5.93. The van der Waals surface area contributed by atoms with Crippen LogP contribution in [0.4, 0.5) is 0 Å². The normalized spacial score (nSPS) is 25.5. The molecule has 1 fully saturated rings. The molecule has 2 atom stereocenters. The van der Waals surface area contributed by atoms with E-state index in [4.69, 9.17) is 5.73 Å². The quantitative estimate of drug-likeness (QED) is 0.855. The first kappa shape index (κ1) is 13.5. The zero-order valence-corrected chi connectivity index (χ0v) is 11.5. The molecule has 5 heteroatoms. The molecule has 1 aliphatic rings. The minimum atomic E-state index is 0.491. The van der Waals surface area contributed by atoms with Crippen LogP contribution < -0.4 is 5.73 Å². The number of hydrogen-bond acceptors (Lipinski definition) is 4. The Morgan fingerprint density at radius 1 is 1.50 bits per heavy atom. The fraction of sp³-hybridized carbons (Fsp3) is 0.846. The van der Waals surface area contributed by atoms with Crippen molar-refractivity contribution in [3.05, 3.63) is 12.2 Å². The summed E-state index contributed by atoms with van der Waals surface area (Å²) in [6.45, 7) is 8.17. The molecule has 0 radical (unpaired) electrons. The molecule has 102 valence electrons. The second-order valence-electron chi connectivity index (χ2n) is 5.29. The average Bonchev–Trinajstić information content (AvgIpc) is 2.78. The van der Waals surface area contributed by atoms with Gasteiger partial charge in [0.1, 0.15) is 12.2 Å². The van der Waals surface area contributed by atoms with Gasteiger partial charge in [0.05, 0.1) is 6.54 Å². The van der Waals surface area contributed by atoms with Gasteiger partial charge in [-0.3, -0.25) is 4.90 Å². The summed E-state index contributed by atoms with van der Waals surface area (Å²) in [5, 5.41) is 4.29. The lowest BCUT2D eigenvalue weighted by Gasteiger charge is -2.39. The lowest BCUT2D eigenvalue weighted by Crippen LogP contribution is -2.48. The minimum Gasteiger partial charge on any atom is -0.329 e. The van der Waals surface area contributed by atoms with E-state index in [1.165, 1.54) is 12.8 Å². The van der Waals surface area contributed by atoms with Gasteiger partial charge in [-0.1, -0.05) is 13.8 Å². The van der Waals surface area contributed by atoms with Crippen molar-refractivity contribution in [2.24, 2.45) is 11.7 Å². The first-order valence-corrected chi connectivity index (χ1v) is 7.07. The number of hydrogen-bond donors (Lipinski definition) is 1. The predicted molar refractivity (Wildman–Crippen MR) is 72.0 cm³/mol. The predicted octanol–water partition coefficient (Wildman–Crippen LogP) is 1.25. The minimum absolute atomic E-state index is 0.491. The SMILES string of the molecule is CCCn1ncnc1CN1CCCC(C)C1CN. The van der Waals surface area contributed by atoms with Gasteiger partial charge in [-0.15, -0.1) is 0 Å². The van der Waals surface area contributed by atoms with Crippen molar-refractivity contribution in [3.63, 3.8) is 0 Å². The first-order chi connectivity index (χ1) is 8.76. The van der Waals surface area contributed by atoms with E-state index in [0.717, 1.165) is 38.4 Å². The van der Waals surface area contributed by atoms with Crippen molar-refractivity contribution in [3.8, 4) is 0 Å². The standard InChI is InChI=1S/C13H25N5/c1-3-6-18-13(15-10-16-18)9-17-7-4-5-11(2)12(17)8-14/h10-12H,3-9,14H2,1-2H3. The Labute approximate surface area is 109 Å². The highest BCUT2D eigenvalue weighted by Crippen LogP contribution is 2.23. The van der Waals surface area contributed by atoms with Crippen LogP contribution in [0.2, 0.25) is 0 Å². The molecule has 1 aromatic heterocycles. The van der Waals surface area contributed by atoms with Gasteiger partial charge in [-0.2, -0.15) is 5.10 Å². The van der Waals surface area contributed by atoms with Crippen LogP contribution in [0.15, 0.2) is 6.33 Å². The smallest absolute Gasteiger partial charge is 0.141 e. The van der Waals surface area contributed by atoms with E-state index < -0.39 is 0 Å². The van der Waals surface area contributed by atoms with Gasteiger partial charge < -0.3 is 5.73 Å². The topological polar surface area (TPSA) is 60.0 Å². The van der Waals surface area contributed by atoms with Crippen LogP contribution in [-0.4, -0.2) is 38.8 Å². The zero-order chi connectivity index (χ0) is 13.0. The van der Waals surface area contributed by atoms with Crippen molar-refractivity contribution in [2.45, 2.75) is 52.2 Å². The molecular formula is C13H25N5. The largest absolute Gasteiger partial charge is 0.329 e. The number of rotatable bonds is 5. The van der Waals surface area contributed by atoms with E-state index >= 15 is 0 Å². The Bertz CT molecular complexity index is 362. The number of piperidine rings is 1. The third-order valence-corrected chi connectivity index (χ3v) is 3.95. The summed E-state index contributed by atoms with van der Waals surface area (Å²) in [5.74, 6) is 1.76. The van der Waals surface area contributed by atoms with Crippen LogP contribution >= 0.6 is 0 Å². The molecule has 0 bridgehead atoms. The van der Waals surface area contributed by atoms with Gasteiger partial charge in [0, 0.05) is 19.1 Å². The Hall–Kier alpha value is -0.940. The number of nitrogens with two attached hydrogens (primary N) is 1. The highest BCUT2D eigenvalue weighted by atomic mass is 15.4. The molecule has 0 aliphatic carbocycles. The van der Waals surface area contributed by atoms with Crippen LogP contribution in [-0.2, 0) is 13.1 Å². The monoisotopic (exact) mass is 251 g/mol. The van der Waals surface area contributed by atoms with Crippen LogP contribution in [0.1, 0.15) is 38.9 Å². The molecular weight excluding hydrogens is 226 g/mol. The molecule has 1 aliphatic heterocycles. The molecule has 2 heterocycles. The summed E-state index contributed by atoms with van der Waals surface area (Å²) in [6, 6.07) is 0.491. The van der Waals surface area contributed by atoms with Gasteiger partial charge >= 0.3 is 0 Å². The van der Waals surface area contributed by atoms with Crippen LogP contribution in [0.3, 0.4) is 0 Å². The molecule has 0 amide bonds. The molecule has 2 unspecified atom stereocenters. The third-order valence-electron chi connectivity index (χ3n) is 3.95. The van der Waals surface area contributed by atoms with Crippen LogP contribution in [0, 0.1) is 5.92 Å². The van der Waals surface area contributed by atoms with E-state index in [1.54, 1.807) is 6.33 Å². The van der Waals surface area contributed by atoms with Gasteiger partial charge in [0.2, 0.25) is 0 Å². The summed E-state index contributed by atoms with van der Waals surface area (Å²) in [5.41, 5.74) is 5.93. The third kappa shape index (κ3) is 2.90. The maximum Gasteiger partial charge on any atom is 0.141 e. The second kappa shape index (κ2) is 6.29. The van der Waals surface area contributed by atoms with E-state index in [9.17, 15) is 0 Å². The molecule has 2 rings (SSSR count). The average molecular weight is 251 g/mol. The van der Waals surface area contributed by atoms with Gasteiger partial charge in [-0.25, -0.2) is 9.67 Å². The second-order valence-corrected chi connectivity index (χ2v) is 5.29. The Balaban J connectivity index is 2.04. The fourth-order valence-corrected chi connectivity index (χ4v) is 2.90. The molecule has 2 N–H and O–H groups in total. The summed E-state index contributed by atoms with van der Waals surface area (Å²) >= 11 is 0. The van der Waals surface area contributed by atoms with E-state index in [1.807, 2.05) is 4.68 Å². The highest BCUT2D eigenvalue weighted by Gasteiger charge is 2.28. The number of aromatic nitrogens is 3. The summed E-state index contributed by atoms with van der Waals surface area (Å²) in [7, 11) is 0. The van der Waals surface area contributed by atoms with Gasteiger partial charge in [0.15, 0.2) is 0 Å². The van der Waals surface area contributed by atoms with Gasteiger partial charge in [0.25, 0.3) is 0 Å². The van der Waals surface area contributed by atoms with E-state index in [0.29, 0.717) is 12.0 Å². The summed E-state index contributed by atoms with van der Waals surface area (Å²) < 4.78 is 2.02. The maximum atomic E-state index is 5.93. The molecule has 5 nitrogen and oxygen atoms in total. The molecule has 1 aromatic rings. The summed E-state index contributed by atoms with van der Waals surface area (Å²) in [6.07, 6.45) is 5.31. The molecule has 1 saturated heterocycles. The van der Waals surface area contributed by atoms with Crippen LogP contribution in [0.25, 0.3) is 0 Å². The van der Waals surface area contributed by atoms with Crippen molar-refractivity contribution in [2.75, 3.05) is 13.1 Å². The Morgan fingerprint density at radius 2 is 2.33 bits per heavy atom. The van der Waals surface area contributed by atoms with Crippen molar-refractivity contribution >= 4 is 0 Å². The highest BCUT2D eigenvalue weighted by molar-refractivity contribution is 4.90. The number of likely N-dealkylation sites (tertiary alicyclic amines) is 1. The molecule has 0 spiro atoms. The number of nitrogens with zero attached hydrogens (tertiary/aromatic N) is 4. The van der Waals surface area contributed by atoms with E-state index in [-0.39, 0.29) is 0 Å². The lowest BCUT2D eigenvalue weighted by atomic mass is 9.91. The molecule has 0 aromatic carbocycles. The fourth-order valence-electron chi connectivity index (χ4n) is 2.90. The Morgan fingerprint density at radius 3 is 3.06 bits per heavy atom. The first-order valence-electron chi connectivity index (χ1n) is 7.07. The zero-order valence-electron chi connectivity index (χ0n) is 11.5. The van der Waals surface area contributed by atoms with E-state index in [2.05, 4.69) is 28.8 Å². The molecule has 0 saturated carbocycles. The molecule has 18 heavy (non-hydrogen) atoms. The lowest BCUT2D eigenvalue weighted by molar-refractivity contribution is 0.0947. The van der Waals surface area contributed by atoms with Crippen molar-refractivity contribution in [1.82, 2.24) is 19.7 Å². The van der Waals surface area contributed by atoms with Crippen molar-refractivity contribution < 1.29 is 0 Å². The Kier molecular flexibility index (Phi) is 4.72. The van der Waals surface area contributed by atoms with Gasteiger partial charge in [-0.05, 0) is 31.7 Å².